The van der Waals surface area contributed by atoms with E-state index in [2.05, 4.69) is 49.0 Å². The van der Waals surface area contributed by atoms with Crippen LogP contribution in [0.2, 0.25) is 0 Å². The normalized spacial score (nSPS) is 15.4. The Labute approximate surface area is 376 Å². The Hall–Kier alpha value is -7.04. The minimum atomic E-state index is 0.195. The Bertz CT molecular complexity index is 2330. The molecular weight excluding hydrogens is 801 g/mol. The van der Waals surface area contributed by atoms with E-state index < -0.39 is 0 Å². The van der Waals surface area contributed by atoms with Gasteiger partial charge in [-0.3, -0.25) is 20.9 Å². The fourth-order valence-corrected chi connectivity index (χ4v) is 8.28. The van der Waals surface area contributed by atoms with Gasteiger partial charge in [0.25, 0.3) is 0 Å². The van der Waals surface area contributed by atoms with Crippen molar-refractivity contribution in [3.63, 3.8) is 0 Å². The molecule has 2 aromatic rings. The van der Waals surface area contributed by atoms with Crippen molar-refractivity contribution in [2.75, 3.05) is 13.1 Å². The smallest absolute Gasteiger partial charge is 0.249 e. The lowest BCUT2D eigenvalue weighted by atomic mass is 10.00. The van der Waals surface area contributed by atoms with Crippen molar-refractivity contribution >= 4 is 47.2 Å². The lowest BCUT2D eigenvalue weighted by molar-refractivity contribution is 0.370. The molecule has 5 aliphatic rings. The van der Waals surface area contributed by atoms with Gasteiger partial charge in [-0.15, -0.1) is 0 Å². The van der Waals surface area contributed by atoms with Crippen LogP contribution in [0.4, 0.5) is 0 Å². The molecule has 0 fully saturated rings. The van der Waals surface area contributed by atoms with E-state index in [1.54, 1.807) is 24.3 Å². The molecule has 16 nitrogen and oxygen atoms in total. The summed E-state index contributed by atoms with van der Waals surface area (Å²) in [7, 11) is 0. The molecule has 328 valence electrons. The van der Waals surface area contributed by atoms with Gasteiger partial charge in [0.15, 0.2) is 23.3 Å². The number of nitrogens with zero attached hydrogens (tertiary/aromatic N) is 14. The van der Waals surface area contributed by atoms with Crippen LogP contribution in [0, 0.1) is 45.3 Å². The van der Waals surface area contributed by atoms with E-state index in [9.17, 15) is 21.0 Å². The monoisotopic (exact) mass is 856 g/mol. The van der Waals surface area contributed by atoms with Crippen LogP contribution in [0.5, 0.6) is 0 Å². The molecule has 0 aromatic heterocycles. The second-order valence-corrected chi connectivity index (χ2v) is 16.7. The SMILES string of the molecule is CCCCCCCCCCCCN1NC2=NC3=NC(=NC4=NC(=NC5=NC(=NC1=N2)c1cc(C#N)c(C#N)cc15)NN4CCCCCCCCCCCC)c1cc(C#N)c(C#N)cc13. The summed E-state index contributed by atoms with van der Waals surface area (Å²) in [6, 6.07) is 15.0. The van der Waals surface area contributed by atoms with Crippen LogP contribution in [-0.4, -0.2) is 70.3 Å². The first-order valence-corrected chi connectivity index (χ1v) is 23.2. The van der Waals surface area contributed by atoms with Crippen molar-refractivity contribution in [3.8, 4) is 24.3 Å². The summed E-state index contributed by atoms with van der Waals surface area (Å²) in [6.07, 6.45) is 23.8. The molecule has 5 aliphatic heterocycles. The first kappa shape index (κ1) is 45.0. The fraction of sp³-hybridized carbons (Fsp3) is 0.500. The number of fused-ring (bicyclic) bond motifs is 10. The summed E-state index contributed by atoms with van der Waals surface area (Å²) < 4.78 is 0. The third-order valence-electron chi connectivity index (χ3n) is 11.9. The van der Waals surface area contributed by atoms with Gasteiger partial charge < -0.3 is 0 Å². The number of aliphatic imine (C=N–C) groups is 8. The van der Waals surface area contributed by atoms with Crippen molar-refractivity contribution < 1.29 is 0 Å². The van der Waals surface area contributed by atoms with Gasteiger partial charge in [0.2, 0.25) is 23.8 Å². The average Bonchev–Trinajstić information content (AvgIpc) is 4.06. The molecule has 0 amide bonds. The molecular formula is C48H56N16. The summed E-state index contributed by atoms with van der Waals surface area (Å²) in [6.45, 7) is 5.62. The van der Waals surface area contributed by atoms with Crippen LogP contribution in [0.15, 0.2) is 64.2 Å². The van der Waals surface area contributed by atoms with E-state index in [1.165, 1.54) is 89.9 Å². The van der Waals surface area contributed by atoms with Gasteiger partial charge in [0.05, 0.1) is 22.3 Å². The van der Waals surface area contributed by atoms with Crippen LogP contribution in [0.25, 0.3) is 0 Å². The molecule has 16 heteroatoms. The lowest BCUT2D eigenvalue weighted by Crippen LogP contribution is -2.39. The molecule has 5 heterocycles. The average molecular weight is 857 g/mol. The predicted octanol–water partition coefficient (Wildman–Crippen LogP) is 8.81. The summed E-state index contributed by atoms with van der Waals surface area (Å²) in [5.41, 5.74) is 9.53. The summed E-state index contributed by atoms with van der Waals surface area (Å²) >= 11 is 0. The predicted molar refractivity (Wildman–Crippen MR) is 251 cm³/mol. The molecule has 2 N–H and O–H groups in total. The van der Waals surface area contributed by atoms with Gasteiger partial charge in [-0.05, 0) is 37.1 Å². The van der Waals surface area contributed by atoms with Crippen molar-refractivity contribution in [1.82, 2.24) is 20.9 Å². The number of guanidine groups is 4. The quantitative estimate of drug-likeness (QED) is 0.109. The Morgan fingerprint density at radius 3 is 0.953 bits per heavy atom. The molecule has 0 spiro atoms. The molecule has 0 unspecified atom stereocenters. The zero-order valence-corrected chi connectivity index (χ0v) is 37.1. The van der Waals surface area contributed by atoms with Crippen LogP contribution in [0.1, 0.15) is 187 Å². The Kier molecular flexibility index (Phi) is 15.7. The van der Waals surface area contributed by atoms with Crippen molar-refractivity contribution in [2.45, 2.75) is 142 Å². The highest BCUT2D eigenvalue weighted by molar-refractivity contribution is 6.29. The number of benzene rings is 2. The first-order valence-electron chi connectivity index (χ1n) is 23.2. The van der Waals surface area contributed by atoms with Crippen LogP contribution in [-0.2, 0) is 0 Å². The number of nitrogens with one attached hydrogen (secondary N) is 2. The van der Waals surface area contributed by atoms with Crippen molar-refractivity contribution in [1.29, 1.82) is 21.0 Å². The maximum absolute atomic E-state index is 10.00. The highest BCUT2D eigenvalue weighted by atomic mass is 15.6. The van der Waals surface area contributed by atoms with E-state index in [4.69, 9.17) is 39.9 Å². The van der Waals surface area contributed by atoms with E-state index in [-0.39, 0.29) is 57.5 Å². The zero-order chi connectivity index (χ0) is 44.7. The van der Waals surface area contributed by atoms with Crippen molar-refractivity contribution in [3.05, 3.63) is 68.8 Å². The van der Waals surface area contributed by atoms with Gasteiger partial charge in [0.1, 0.15) is 24.3 Å². The third-order valence-corrected chi connectivity index (χ3v) is 11.9. The highest BCUT2D eigenvalue weighted by Gasteiger charge is 2.32. The van der Waals surface area contributed by atoms with E-state index in [1.807, 2.05) is 10.0 Å². The van der Waals surface area contributed by atoms with Gasteiger partial charge in [-0.25, -0.2) is 9.98 Å². The second kappa shape index (κ2) is 22.4. The second-order valence-electron chi connectivity index (χ2n) is 16.7. The maximum atomic E-state index is 10.00. The largest absolute Gasteiger partial charge is 0.263 e. The van der Waals surface area contributed by atoms with Gasteiger partial charge >= 0.3 is 0 Å². The van der Waals surface area contributed by atoms with Crippen molar-refractivity contribution in [2.24, 2.45) is 39.9 Å². The summed E-state index contributed by atoms with van der Waals surface area (Å²) in [5, 5.41) is 43.6. The highest BCUT2D eigenvalue weighted by Crippen LogP contribution is 2.28. The van der Waals surface area contributed by atoms with Crippen LogP contribution >= 0.6 is 0 Å². The van der Waals surface area contributed by atoms with E-state index in [0.717, 1.165) is 38.5 Å². The Morgan fingerprint density at radius 1 is 0.375 bits per heavy atom. The molecule has 0 saturated heterocycles. The molecule has 64 heavy (non-hydrogen) atoms. The first-order chi connectivity index (χ1) is 31.5. The maximum Gasteiger partial charge on any atom is 0.249 e. The van der Waals surface area contributed by atoms with Gasteiger partial charge in [-0.2, -0.15) is 51.0 Å². The molecule has 0 aliphatic carbocycles. The number of nitriles is 4. The fourth-order valence-electron chi connectivity index (χ4n) is 8.28. The van der Waals surface area contributed by atoms with Gasteiger partial charge in [0, 0.05) is 35.3 Å². The van der Waals surface area contributed by atoms with Crippen LogP contribution in [0.3, 0.4) is 0 Å². The lowest BCUT2D eigenvalue weighted by Gasteiger charge is -2.18. The van der Waals surface area contributed by atoms with E-state index in [0.29, 0.717) is 47.3 Å². The molecule has 0 atom stereocenters. The molecule has 0 saturated carbocycles. The topological polar surface area (TPSA) is 225 Å². The number of hydrogen-bond acceptors (Lipinski definition) is 16. The molecule has 7 rings (SSSR count). The summed E-state index contributed by atoms with van der Waals surface area (Å²) in [4.78, 5) is 39.0. The molecule has 8 bridgehead atoms. The standard InChI is InChI=1S/C48H56N16/c1-3-5-7-9-11-13-15-17-19-21-23-63-47-57-43-39-27-35(31-51)33(29-49)25-37(39)42(53-43)56-46-60-48(64(62-46)24-22-20-18-16-14-12-10-8-6-4-2)58-44-40-28-36(32-52)34(30-50)26-38(40)41(54-44)55-45(59-47)61-63/h25-28H,3-24H2,1-2H3,(H2,53,54,55,56,57,58,59,60,61,62). The third kappa shape index (κ3) is 10.9. The number of rotatable bonds is 22. The zero-order valence-electron chi connectivity index (χ0n) is 37.1. The number of unbranched alkanes of at least 4 members (excludes halogenated alkanes) is 18. The molecule has 0 radical (unpaired) electrons. The number of amidine groups is 4. The van der Waals surface area contributed by atoms with E-state index >= 15 is 0 Å². The molecule has 2 aromatic carbocycles. The van der Waals surface area contributed by atoms with Gasteiger partial charge in [-0.1, -0.05) is 129 Å². The number of hydrogen-bond donors (Lipinski definition) is 2. The minimum absolute atomic E-state index is 0.195. The minimum Gasteiger partial charge on any atom is -0.263 e. The Balaban J connectivity index is 1.21. The Morgan fingerprint density at radius 2 is 0.656 bits per heavy atom. The summed E-state index contributed by atoms with van der Waals surface area (Å²) in [5.74, 6) is 2.10. The van der Waals surface area contributed by atoms with Crippen LogP contribution < -0.4 is 10.9 Å². The number of hydrazine groups is 2.